The summed E-state index contributed by atoms with van der Waals surface area (Å²) in [6, 6.07) is 20.1. The van der Waals surface area contributed by atoms with Gasteiger partial charge in [0.1, 0.15) is 24.7 Å². The van der Waals surface area contributed by atoms with Crippen molar-refractivity contribution < 1.29 is 23.3 Å². The van der Waals surface area contributed by atoms with Crippen molar-refractivity contribution in [1.29, 1.82) is 5.26 Å². The lowest BCUT2D eigenvalue weighted by atomic mass is 10.2. The van der Waals surface area contributed by atoms with E-state index in [9.17, 15) is 9.59 Å². The first-order valence-electron chi connectivity index (χ1n) is 15.2. The third-order valence-corrected chi connectivity index (χ3v) is 9.40. The maximum Gasteiger partial charge on any atom is 0.330 e. The van der Waals surface area contributed by atoms with Gasteiger partial charge in [-0.05, 0) is 57.9 Å². The molecule has 1 aliphatic rings. The highest BCUT2D eigenvalue weighted by Crippen LogP contribution is 2.50. The number of hydrogen-bond acceptors (Lipinski definition) is 9. The van der Waals surface area contributed by atoms with Crippen LogP contribution in [0.2, 0.25) is 0 Å². The molecule has 1 N–H and O–H groups in total. The molecule has 12 heteroatoms. The lowest BCUT2D eigenvalue weighted by Gasteiger charge is -2.37. The highest BCUT2D eigenvalue weighted by atomic mass is 31.2. The summed E-state index contributed by atoms with van der Waals surface area (Å²) in [6.45, 7) is 11.2. The molecule has 4 rings (SSSR count). The highest BCUT2D eigenvalue weighted by molar-refractivity contribution is 7.44. The van der Waals surface area contributed by atoms with Crippen LogP contribution < -0.4 is 16.0 Å². The lowest BCUT2D eigenvalue weighted by Crippen LogP contribution is -2.36. The Hall–Kier alpha value is -3.36. The van der Waals surface area contributed by atoms with Crippen molar-refractivity contribution in [3.63, 3.8) is 0 Å². The van der Waals surface area contributed by atoms with Crippen molar-refractivity contribution in [2.75, 3.05) is 13.2 Å². The average molecular weight is 639 g/mol. The summed E-state index contributed by atoms with van der Waals surface area (Å²) >= 11 is 0. The van der Waals surface area contributed by atoms with Gasteiger partial charge < -0.3 is 23.3 Å². The number of nitrogens with zero attached hydrogens (tertiary/aromatic N) is 3. The van der Waals surface area contributed by atoms with E-state index in [1.807, 2.05) is 54.6 Å². The van der Waals surface area contributed by atoms with E-state index in [-0.39, 0.29) is 31.7 Å². The molecule has 11 nitrogen and oxygen atoms in total. The molecule has 0 radical (unpaired) electrons. The summed E-state index contributed by atoms with van der Waals surface area (Å²) in [7, 11) is -1.55. The van der Waals surface area contributed by atoms with Crippen LogP contribution in [-0.2, 0) is 31.7 Å². The number of nitrogens with one attached hydrogen (secondary N) is 1. The molecule has 1 aromatic heterocycles. The van der Waals surface area contributed by atoms with Crippen LogP contribution in [0.3, 0.4) is 0 Å². The maximum absolute atomic E-state index is 12.7. The first-order valence-corrected chi connectivity index (χ1v) is 16.3. The maximum atomic E-state index is 12.7. The summed E-state index contributed by atoms with van der Waals surface area (Å²) in [4.78, 5) is 27.1. The van der Waals surface area contributed by atoms with Gasteiger partial charge in [0.15, 0.2) is 0 Å². The summed E-state index contributed by atoms with van der Waals surface area (Å²) in [6.07, 6.45) is 0.427. The van der Waals surface area contributed by atoms with Crippen LogP contribution in [0.1, 0.15) is 63.5 Å². The van der Waals surface area contributed by atoms with Crippen LogP contribution in [0.5, 0.6) is 5.75 Å². The monoisotopic (exact) mass is 638 g/mol. The van der Waals surface area contributed by atoms with Crippen LogP contribution in [0.4, 0.5) is 0 Å². The summed E-state index contributed by atoms with van der Waals surface area (Å²) in [5.74, 6) is 0.768. The molecular formula is C33H43N4O7P. The predicted octanol–water partition coefficient (Wildman–Crippen LogP) is 5.59. The minimum Gasteiger partial charge on any atom is -0.489 e. The third kappa shape index (κ3) is 9.81. The van der Waals surface area contributed by atoms with Crippen LogP contribution >= 0.6 is 8.53 Å². The zero-order valence-electron chi connectivity index (χ0n) is 26.5. The van der Waals surface area contributed by atoms with Crippen molar-refractivity contribution in [1.82, 2.24) is 14.2 Å². The topological polar surface area (TPSA) is 128 Å². The third-order valence-electron chi connectivity index (χ3n) is 7.25. The SMILES string of the molecule is Cc1cn([C@H]2C[C@H](OP(OCCC#N)N(C(C)C)C(C)C)[C@@H](COCc3ccc(OCc4ccccc4)cc3)O2)c(=O)[nH]c1=O. The second-order valence-electron chi connectivity index (χ2n) is 11.5. The van der Waals surface area contributed by atoms with Crippen molar-refractivity contribution in [2.45, 2.75) is 91.2 Å². The summed E-state index contributed by atoms with van der Waals surface area (Å²) in [5.41, 5.74) is 1.48. The molecule has 1 aliphatic heterocycles. The highest BCUT2D eigenvalue weighted by Gasteiger charge is 2.41. The fourth-order valence-corrected chi connectivity index (χ4v) is 6.82. The van der Waals surface area contributed by atoms with Crippen LogP contribution in [0.25, 0.3) is 0 Å². The van der Waals surface area contributed by atoms with E-state index in [4.69, 9.17) is 28.5 Å². The quantitative estimate of drug-likeness (QED) is 0.158. The normalized spacial score (nSPS) is 18.9. The first kappa shape index (κ1) is 34.5. The smallest absolute Gasteiger partial charge is 0.330 e. The summed E-state index contributed by atoms with van der Waals surface area (Å²) in [5, 5.41) is 9.09. The van der Waals surface area contributed by atoms with Gasteiger partial charge in [-0.2, -0.15) is 5.26 Å². The number of aromatic amines is 1. The number of H-pyrrole nitrogens is 1. The Morgan fingerprint density at radius 2 is 1.73 bits per heavy atom. The van der Waals surface area contributed by atoms with Crippen LogP contribution in [-0.4, -0.2) is 51.7 Å². The second kappa shape index (κ2) is 16.8. The van der Waals surface area contributed by atoms with E-state index in [0.29, 0.717) is 25.2 Å². The van der Waals surface area contributed by atoms with Crippen molar-refractivity contribution in [2.24, 2.45) is 0 Å². The zero-order chi connectivity index (χ0) is 32.3. The van der Waals surface area contributed by atoms with E-state index in [0.717, 1.165) is 16.9 Å². The Kier molecular flexibility index (Phi) is 12.9. The Balaban J connectivity index is 1.45. The molecule has 3 aromatic rings. The van der Waals surface area contributed by atoms with Gasteiger partial charge >= 0.3 is 5.69 Å². The Labute approximate surface area is 265 Å². The number of nitriles is 1. The molecule has 0 amide bonds. The Morgan fingerprint density at radius 1 is 1.04 bits per heavy atom. The van der Waals surface area contributed by atoms with Gasteiger partial charge in [-0.3, -0.25) is 14.3 Å². The molecule has 0 bridgehead atoms. The predicted molar refractivity (Wildman–Crippen MR) is 172 cm³/mol. The molecule has 0 aliphatic carbocycles. The molecule has 45 heavy (non-hydrogen) atoms. The van der Waals surface area contributed by atoms with Gasteiger partial charge in [0.25, 0.3) is 14.1 Å². The molecule has 0 saturated carbocycles. The van der Waals surface area contributed by atoms with Gasteiger partial charge in [0.2, 0.25) is 0 Å². The summed E-state index contributed by atoms with van der Waals surface area (Å²) < 4.78 is 34.7. The molecule has 4 atom stereocenters. The number of benzene rings is 2. The van der Waals surface area contributed by atoms with Crippen LogP contribution in [0, 0.1) is 18.3 Å². The minimum atomic E-state index is -1.55. The Morgan fingerprint density at radius 3 is 2.40 bits per heavy atom. The molecule has 2 heterocycles. The lowest BCUT2D eigenvalue weighted by molar-refractivity contribution is -0.0647. The fourth-order valence-electron chi connectivity index (χ4n) is 5.06. The van der Waals surface area contributed by atoms with Gasteiger partial charge in [-0.25, -0.2) is 9.46 Å². The van der Waals surface area contributed by atoms with Crippen molar-refractivity contribution in [3.05, 3.63) is 98.3 Å². The van der Waals surface area contributed by atoms with Gasteiger partial charge in [0.05, 0.1) is 38.4 Å². The number of aryl methyl sites for hydroxylation is 1. The van der Waals surface area contributed by atoms with E-state index < -0.39 is 38.2 Å². The van der Waals surface area contributed by atoms with Gasteiger partial charge in [-0.15, -0.1) is 0 Å². The molecule has 242 valence electrons. The first-order chi connectivity index (χ1) is 21.7. The van der Waals surface area contributed by atoms with Gasteiger partial charge in [0, 0.05) is 30.3 Å². The number of hydrogen-bond donors (Lipinski definition) is 1. The van der Waals surface area contributed by atoms with E-state index in [1.165, 1.54) is 10.8 Å². The van der Waals surface area contributed by atoms with Crippen molar-refractivity contribution >= 4 is 8.53 Å². The average Bonchev–Trinajstić information content (AvgIpc) is 3.40. The fraction of sp³-hybridized carbons (Fsp3) is 0.485. The van der Waals surface area contributed by atoms with Crippen molar-refractivity contribution in [3.8, 4) is 11.8 Å². The van der Waals surface area contributed by atoms with Gasteiger partial charge in [-0.1, -0.05) is 42.5 Å². The van der Waals surface area contributed by atoms with Crippen LogP contribution in [0.15, 0.2) is 70.4 Å². The number of aromatic nitrogens is 2. The molecule has 1 unspecified atom stereocenters. The standard InChI is InChI=1S/C33H43N4O7P/c1-23(2)37(24(3)4)45(42-17-9-16-34)44-29-18-31(36-19-25(5)32(38)35-33(36)39)43-30(29)22-40-20-27-12-14-28(15-13-27)41-21-26-10-7-6-8-11-26/h6-8,10-15,19,23-24,29-31H,9,17-18,20-22H2,1-5H3,(H,35,38,39)/t29-,30+,31+,45?/m0/s1. The molecule has 1 saturated heterocycles. The van der Waals surface area contributed by atoms with E-state index in [1.54, 1.807) is 6.92 Å². The number of ether oxygens (including phenoxy) is 3. The molecular weight excluding hydrogens is 595 g/mol. The minimum absolute atomic E-state index is 0.120. The largest absolute Gasteiger partial charge is 0.489 e. The second-order valence-corrected chi connectivity index (χ2v) is 12.9. The Bertz CT molecular complexity index is 1500. The molecule has 0 spiro atoms. The number of rotatable bonds is 16. The zero-order valence-corrected chi connectivity index (χ0v) is 27.4. The van der Waals surface area contributed by atoms with E-state index >= 15 is 0 Å². The molecule has 2 aromatic carbocycles. The van der Waals surface area contributed by atoms with E-state index in [2.05, 4.69) is 43.4 Å². The molecule has 1 fully saturated rings.